The van der Waals surface area contributed by atoms with Crippen LogP contribution in [0.15, 0.2) is 12.7 Å². The van der Waals surface area contributed by atoms with Gasteiger partial charge in [-0.3, -0.25) is 4.79 Å². The van der Waals surface area contributed by atoms with E-state index in [9.17, 15) is 9.59 Å². The van der Waals surface area contributed by atoms with Gasteiger partial charge in [0, 0.05) is 6.54 Å². The van der Waals surface area contributed by atoms with Crippen LogP contribution in [-0.4, -0.2) is 43.4 Å². The summed E-state index contributed by atoms with van der Waals surface area (Å²) in [6, 6.07) is -0.814. The number of rotatable bonds is 6. The maximum absolute atomic E-state index is 10.8. The van der Waals surface area contributed by atoms with E-state index in [2.05, 4.69) is 21.9 Å². The minimum absolute atomic E-state index is 0.0260. The number of nitrogens with one attached hydrogen (secondary N) is 2. The van der Waals surface area contributed by atoms with Gasteiger partial charge in [-0.25, -0.2) is 4.79 Å². The van der Waals surface area contributed by atoms with Crippen LogP contribution in [-0.2, 0) is 9.53 Å². The molecule has 0 saturated carbocycles. The number of carboxylic acids is 1. The van der Waals surface area contributed by atoms with Crippen LogP contribution in [0.5, 0.6) is 0 Å². The number of hydrogen-bond acceptors (Lipinski definition) is 4. The SMILES string of the molecule is C=CCOC(=O)NCC(NC)C(=O)O. The van der Waals surface area contributed by atoms with Crippen LogP contribution in [0.3, 0.4) is 0 Å². The molecule has 0 aromatic carbocycles. The molecule has 14 heavy (non-hydrogen) atoms. The average Bonchev–Trinajstić information content (AvgIpc) is 2.15. The quantitative estimate of drug-likeness (QED) is 0.509. The van der Waals surface area contributed by atoms with E-state index >= 15 is 0 Å². The van der Waals surface area contributed by atoms with Crippen molar-refractivity contribution < 1.29 is 19.4 Å². The fraction of sp³-hybridized carbons (Fsp3) is 0.500. The van der Waals surface area contributed by atoms with Crippen LogP contribution in [0.1, 0.15) is 0 Å². The van der Waals surface area contributed by atoms with Crippen molar-refractivity contribution in [2.75, 3.05) is 20.2 Å². The smallest absolute Gasteiger partial charge is 0.407 e. The molecule has 0 aliphatic carbocycles. The van der Waals surface area contributed by atoms with E-state index in [1.165, 1.54) is 13.1 Å². The second-order valence-corrected chi connectivity index (χ2v) is 2.45. The standard InChI is InChI=1S/C8H14N2O4/c1-3-4-14-8(13)10-5-6(9-2)7(11)12/h3,6,9H,1,4-5H2,2H3,(H,10,13)(H,11,12). The Morgan fingerprint density at radius 2 is 2.29 bits per heavy atom. The Bertz CT molecular complexity index is 217. The van der Waals surface area contributed by atoms with E-state index < -0.39 is 18.1 Å². The van der Waals surface area contributed by atoms with E-state index in [-0.39, 0.29) is 13.2 Å². The Balaban J connectivity index is 3.73. The van der Waals surface area contributed by atoms with Crippen molar-refractivity contribution in [2.45, 2.75) is 6.04 Å². The van der Waals surface area contributed by atoms with Gasteiger partial charge < -0.3 is 20.5 Å². The fourth-order valence-corrected chi connectivity index (χ4v) is 0.684. The monoisotopic (exact) mass is 202 g/mol. The number of hydrogen-bond donors (Lipinski definition) is 3. The highest BCUT2D eigenvalue weighted by atomic mass is 16.5. The summed E-state index contributed by atoms with van der Waals surface area (Å²) in [5.41, 5.74) is 0. The molecule has 0 fully saturated rings. The molecule has 6 heteroatoms. The summed E-state index contributed by atoms with van der Waals surface area (Å²) >= 11 is 0. The Morgan fingerprint density at radius 3 is 2.71 bits per heavy atom. The first kappa shape index (κ1) is 12.4. The van der Waals surface area contributed by atoms with Gasteiger partial charge in [0.2, 0.25) is 0 Å². The van der Waals surface area contributed by atoms with Crippen LogP contribution in [0, 0.1) is 0 Å². The van der Waals surface area contributed by atoms with Crippen molar-refractivity contribution in [3.63, 3.8) is 0 Å². The van der Waals surface area contributed by atoms with Crippen LogP contribution in [0.25, 0.3) is 0 Å². The summed E-state index contributed by atoms with van der Waals surface area (Å²) in [5.74, 6) is -1.03. The van der Waals surface area contributed by atoms with Crippen molar-refractivity contribution in [3.05, 3.63) is 12.7 Å². The Kier molecular flexibility index (Phi) is 6.13. The van der Waals surface area contributed by atoms with Gasteiger partial charge in [0.25, 0.3) is 0 Å². The number of alkyl carbamates (subject to hydrolysis) is 1. The van der Waals surface area contributed by atoms with Crippen molar-refractivity contribution in [1.82, 2.24) is 10.6 Å². The highest BCUT2D eigenvalue weighted by molar-refractivity contribution is 5.75. The number of aliphatic carboxylic acids is 1. The van der Waals surface area contributed by atoms with Crippen LogP contribution in [0.2, 0.25) is 0 Å². The zero-order valence-electron chi connectivity index (χ0n) is 7.95. The van der Waals surface area contributed by atoms with Crippen molar-refractivity contribution in [2.24, 2.45) is 0 Å². The van der Waals surface area contributed by atoms with Gasteiger partial charge in [-0.1, -0.05) is 12.7 Å². The lowest BCUT2D eigenvalue weighted by Gasteiger charge is -2.11. The summed E-state index contributed by atoms with van der Waals surface area (Å²) in [7, 11) is 1.50. The number of amides is 1. The summed E-state index contributed by atoms with van der Waals surface area (Å²) < 4.78 is 4.58. The Morgan fingerprint density at radius 1 is 1.64 bits per heavy atom. The molecular formula is C8H14N2O4. The van der Waals surface area contributed by atoms with E-state index in [1.54, 1.807) is 0 Å². The molecule has 0 rings (SSSR count). The fourth-order valence-electron chi connectivity index (χ4n) is 0.684. The van der Waals surface area contributed by atoms with Gasteiger partial charge >= 0.3 is 12.1 Å². The molecule has 80 valence electrons. The lowest BCUT2D eigenvalue weighted by molar-refractivity contribution is -0.139. The van der Waals surface area contributed by atoms with Crippen molar-refractivity contribution in [1.29, 1.82) is 0 Å². The minimum atomic E-state index is -1.03. The predicted octanol–water partition coefficient (Wildman–Crippen LogP) is -0.429. The molecule has 1 amide bonds. The lowest BCUT2D eigenvalue weighted by Crippen LogP contribution is -2.44. The summed E-state index contributed by atoms with van der Waals surface area (Å²) in [5, 5.41) is 13.4. The first-order valence-corrected chi connectivity index (χ1v) is 4.03. The molecule has 0 spiro atoms. The largest absolute Gasteiger partial charge is 0.480 e. The van der Waals surface area contributed by atoms with Gasteiger partial charge in [0.15, 0.2) is 0 Å². The molecule has 0 radical (unpaired) electrons. The van der Waals surface area contributed by atoms with Gasteiger partial charge in [0.05, 0.1) is 0 Å². The molecule has 0 aliphatic heterocycles. The molecule has 0 saturated heterocycles. The zero-order valence-corrected chi connectivity index (χ0v) is 7.95. The van der Waals surface area contributed by atoms with E-state index in [0.29, 0.717) is 0 Å². The van der Waals surface area contributed by atoms with Crippen LogP contribution < -0.4 is 10.6 Å². The van der Waals surface area contributed by atoms with Gasteiger partial charge in [-0.05, 0) is 7.05 Å². The predicted molar refractivity (Wildman–Crippen MR) is 50.0 cm³/mol. The molecule has 6 nitrogen and oxygen atoms in total. The molecule has 1 atom stereocenters. The van der Waals surface area contributed by atoms with E-state index in [4.69, 9.17) is 5.11 Å². The topological polar surface area (TPSA) is 87.7 Å². The molecular weight excluding hydrogens is 188 g/mol. The van der Waals surface area contributed by atoms with Gasteiger partial charge in [-0.15, -0.1) is 0 Å². The molecule has 0 aromatic rings. The third-order valence-electron chi connectivity index (χ3n) is 1.43. The zero-order chi connectivity index (χ0) is 11.0. The number of carboxylic acid groups (broad SMARTS) is 1. The highest BCUT2D eigenvalue weighted by Gasteiger charge is 2.15. The lowest BCUT2D eigenvalue weighted by atomic mass is 10.3. The number of carbonyl (C=O) groups is 2. The summed E-state index contributed by atoms with van der Waals surface area (Å²) in [6.07, 6.45) is 0.762. The minimum Gasteiger partial charge on any atom is -0.480 e. The number of carbonyl (C=O) groups excluding carboxylic acids is 1. The summed E-state index contributed by atoms with van der Waals surface area (Å²) in [6.45, 7) is 3.44. The molecule has 3 N–H and O–H groups in total. The van der Waals surface area contributed by atoms with E-state index in [1.807, 2.05) is 0 Å². The molecule has 0 heterocycles. The summed E-state index contributed by atoms with van der Waals surface area (Å²) in [4.78, 5) is 21.3. The van der Waals surface area contributed by atoms with Crippen LogP contribution in [0.4, 0.5) is 4.79 Å². The van der Waals surface area contributed by atoms with Crippen LogP contribution >= 0.6 is 0 Å². The highest BCUT2D eigenvalue weighted by Crippen LogP contribution is 1.83. The Hall–Kier alpha value is -1.56. The first-order valence-electron chi connectivity index (χ1n) is 4.03. The van der Waals surface area contributed by atoms with Crippen molar-refractivity contribution in [3.8, 4) is 0 Å². The average molecular weight is 202 g/mol. The van der Waals surface area contributed by atoms with E-state index in [0.717, 1.165) is 0 Å². The van der Waals surface area contributed by atoms with Crippen molar-refractivity contribution >= 4 is 12.1 Å². The number of likely N-dealkylation sites (N-methyl/N-ethyl adjacent to an activating group) is 1. The third kappa shape index (κ3) is 5.15. The third-order valence-corrected chi connectivity index (χ3v) is 1.43. The molecule has 0 aliphatic rings. The second kappa shape index (κ2) is 6.90. The molecule has 0 aromatic heterocycles. The second-order valence-electron chi connectivity index (χ2n) is 2.45. The normalized spacial score (nSPS) is 11.5. The first-order chi connectivity index (χ1) is 6.61. The number of ether oxygens (including phenoxy) is 1. The maximum Gasteiger partial charge on any atom is 0.407 e. The Labute approximate surface area is 81.9 Å². The molecule has 1 unspecified atom stereocenters. The maximum atomic E-state index is 10.8. The molecule has 0 bridgehead atoms. The van der Waals surface area contributed by atoms with Gasteiger partial charge in [0.1, 0.15) is 12.6 Å². The van der Waals surface area contributed by atoms with Gasteiger partial charge in [-0.2, -0.15) is 0 Å².